The predicted molar refractivity (Wildman–Crippen MR) is 73.3 cm³/mol. The lowest BCUT2D eigenvalue weighted by Crippen LogP contribution is -2.33. The molecular formula is C10H16N2O3S3. The van der Waals surface area contributed by atoms with Crippen molar-refractivity contribution in [2.45, 2.75) is 27.8 Å². The molecule has 0 saturated heterocycles. The Morgan fingerprint density at radius 3 is 2.94 bits per heavy atom. The molecule has 18 heavy (non-hydrogen) atoms. The zero-order valence-corrected chi connectivity index (χ0v) is 12.7. The minimum Gasteiger partial charge on any atom is -0.383 e. The van der Waals surface area contributed by atoms with Crippen LogP contribution < -0.4 is 5.14 Å². The van der Waals surface area contributed by atoms with Crippen LogP contribution in [0.5, 0.6) is 0 Å². The molecule has 102 valence electrons. The van der Waals surface area contributed by atoms with Gasteiger partial charge in [-0.2, -0.15) is 0 Å². The second kappa shape index (κ2) is 5.48. The largest absolute Gasteiger partial charge is 0.383 e. The fourth-order valence-electron chi connectivity index (χ4n) is 1.81. The van der Waals surface area contributed by atoms with Crippen LogP contribution in [-0.4, -0.2) is 39.0 Å². The van der Waals surface area contributed by atoms with E-state index in [1.54, 1.807) is 25.1 Å². The van der Waals surface area contributed by atoms with Gasteiger partial charge in [-0.15, -0.1) is 11.3 Å². The van der Waals surface area contributed by atoms with E-state index in [0.29, 0.717) is 12.6 Å². The van der Waals surface area contributed by atoms with Gasteiger partial charge in [-0.1, -0.05) is 0 Å². The monoisotopic (exact) mass is 308 g/mol. The van der Waals surface area contributed by atoms with Crippen LogP contribution in [0.15, 0.2) is 14.5 Å². The van der Waals surface area contributed by atoms with Crippen LogP contribution in [0.4, 0.5) is 0 Å². The Morgan fingerprint density at radius 2 is 2.33 bits per heavy atom. The molecular weight excluding hydrogens is 292 g/mol. The van der Waals surface area contributed by atoms with Crippen LogP contribution >= 0.6 is 23.3 Å². The van der Waals surface area contributed by atoms with Gasteiger partial charge in [0.2, 0.25) is 10.0 Å². The third kappa shape index (κ3) is 3.06. The molecule has 2 N–H and O–H groups in total. The molecule has 1 unspecified atom stereocenters. The molecule has 2 heterocycles. The Morgan fingerprint density at radius 1 is 1.61 bits per heavy atom. The standard InChI is InChI=1S/C10H16N2O3S3/c1-7-5-8-6-9(18(11,13)14)16-10(8)17-12(7)3-4-15-2/h6-7H,3-5H2,1-2H3,(H2,11,13,14). The van der Waals surface area contributed by atoms with Gasteiger partial charge in [0, 0.05) is 19.7 Å². The molecule has 1 aliphatic rings. The lowest BCUT2D eigenvalue weighted by Gasteiger charge is -2.31. The highest BCUT2D eigenvalue weighted by Crippen LogP contribution is 2.41. The third-order valence-corrected chi connectivity index (χ3v) is 6.82. The number of hydrogen-bond donors (Lipinski definition) is 1. The maximum Gasteiger partial charge on any atom is 0.247 e. The van der Waals surface area contributed by atoms with Crippen LogP contribution in [0, 0.1) is 0 Å². The normalized spacial score (nSPS) is 20.9. The highest BCUT2D eigenvalue weighted by molar-refractivity contribution is 7.99. The zero-order chi connectivity index (χ0) is 13.3. The van der Waals surface area contributed by atoms with Crippen LogP contribution in [-0.2, 0) is 21.2 Å². The quantitative estimate of drug-likeness (QED) is 0.849. The summed E-state index contributed by atoms with van der Waals surface area (Å²) < 4.78 is 31.2. The smallest absolute Gasteiger partial charge is 0.247 e. The number of sulfonamides is 1. The molecule has 0 saturated carbocycles. The summed E-state index contributed by atoms with van der Waals surface area (Å²) in [6.45, 7) is 3.62. The summed E-state index contributed by atoms with van der Waals surface area (Å²) >= 11 is 2.84. The lowest BCUT2D eigenvalue weighted by molar-refractivity contribution is 0.172. The Hall–Kier alpha value is -0.120. The second-order valence-electron chi connectivity index (χ2n) is 4.20. The summed E-state index contributed by atoms with van der Waals surface area (Å²) in [7, 11) is -1.91. The van der Waals surface area contributed by atoms with Crippen molar-refractivity contribution in [3.05, 3.63) is 11.6 Å². The van der Waals surface area contributed by atoms with Gasteiger partial charge in [0.05, 0.1) is 10.8 Å². The SMILES string of the molecule is COCCN1Sc2sc(S(N)(=O)=O)cc2CC1C. The van der Waals surface area contributed by atoms with E-state index in [4.69, 9.17) is 9.88 Å². The minimum absolute atomic E-state index is 0.251. The summed E-state index contributed by atoms with van der Waals surface area (Å²) in [6.07, 6.45) is 0.845. The van der Waals surface area contributed by atoms with Gasteiger partial charge >= 0.3 is 0 Å². The first kappa shape index (κ1) is 14.3. The first-order valence-corrected chi connectivity index (χ1v) is 8.64. The number of thiophene rings is 1. The van der Waals surface area contributed by atoms with Crippen LogP contribution in [0.3, 0.4) is 0 Å². The molecule has 1 aromatic heterocycles. The van der Waals surface area contributed by atoms with E-state index in [1.807, 2.05) is 0 Å². The van der Waals surface area contributed by atoms with Gasteiger partial charge in [-0.25, -0.2) is 17.9 Å². The molecule has 0 aromatic carbocycles. The third-order valence-electron chi connectivity index (χ3n) is 2.75. The molecule has 1 atom stereocenters. The Balaban J connectivity index is 2.20. The average Bonchev–Trinajstić information content (AvgIpc) is 2.68. The fourth-order valence-corrected chi connectivity index (χ4v) is 5.25. The molecule has 2 rings (SSSR count). The summed E-state index contributed by atoms with van der Waals surface area (Å²) in [5.41, 5.74) is 1.08. The predicted octanol–water partition coefficient (Wildman–Crippen LogP) is 1.30. The van der Waals surface area contributed by atoms with E-state index in [-0.39, 0.29) is 4.21 Å². The Labute approximate surface area is 115 Å². The summed E-state index contributed by atoms with van der Waals surface area (Å²) in [5, 5.41) is 5.16. The summed E-state index contributed by atoms with van der Waals surface area (Å²) in [5.74, 6) is 0. The van der Waals surface area contributed by atoms with Gasteiger partial charge in [0.1, 0.15) is 4.21 Å². The molecule has 5 nitrogen and oxygen atoms in total. The lowest BCUT2D eigenvalue weighted by atomic mass is 10.1. The van der Waals surface area contributed by atoms with E-state index in [1.165, 1.54) is 11.3 Å². The molecule has 1 aromatic rings. The van der Waals surface area contributed by atoms with Crippen molar-refractivity contribution in [3.63, 3.8) is 0 Å². The highest BCUT2D eigenvalue weighted by Gasteiger charge is 2.27. The van der Waals surface area contributed by atoms with Crippen LogP contribution in [0.2, 0.25) is 0 Å². The first-order valence-electron chi connectivity index (χ1n) is 5.51. The number of fused-ring (bicyclic) bond motifs is 1. The van der Waals surface area contributed by atoms with E-state index in [9.17, 15) is 8.42 Å². The summed E-state index contributed by atoms with van der Waals surface area (Å²) in [6, 6.07) is 2.06. The van der Waals surface area contributed by atoms with E-state index in [0.717, 1.165) is 22.7 Å². The maximum atomic E-state index is 11.3. The number of nitrogens with two attached hydrogens (primary N) is 1. The van der Waals surface area contributed by atoms with Crippen molar-refractivity contribution in [3.8, 4) is 0 Å². The second-order valence-corrected chi connectivity index (χ2v) is 8.36. The maximum absolute atomic E-state index is 11.3. The highest BCUT2D eigenvalue weighted by atomic mass is 32.3. The average molecular weight is 308 g/mol. The van der Waals surface area contributed by atoms with Gasteiger partial charge < -0.3 is 4.74 Å². The van der Waals surface area contributed by atoms with E-state index < -0.39 is 10.0 Å². The number of primary sulfonamides is 1. The van der Waals surface area contributed by atoms with Gasteiger partial charge in [0.25, 0.3) is 0 Å². The molecule has 0 bridgehead atoms. The molecule has 0 aliphatic carbocycles. The van der Waals surface area contributed by atoms with Crippen molar-refractivity contribution in [1.82, 2.24) is 4.31 Å². The fraction of sp³-hybridized carbons (Fsp3) is 0.600. The van der Waals surface area contributed by atoms with Crippen molar-refractivity contribution < 1.29 is 13.2 Å². The first-order chi connectivity index (χ1) is 8.41. The van der Waals surface area contributed by atoms with Crippen molar-refractivity contribution in [2.75, 3.05) is 20.3 Å². The molecule has 0 fully saturated rings. The number of nitrogens with zero attached hydrogens (tertiary/aromatic N) is 1. The van der Waals surface area contributed by atoms with Gasteiger partial charge in [0.15, 0.2) is 0 Å². The summed E-state index contributed by atoms with van der Waals surface area (Å²) in [4.78, 5) is 0. The minimum atomic E-state index is -3.59. The van der Waals surface area contributed by atoms with Crippen LogP contribution in [0.25, 0.3) is 0 Å². The van der Waals surface area contributed by atoms with E-state index >= 15 is 0 Å². The topological polar surface area (TPSA) is 72.6 Å². The zero-order valence-electron chi connectivity index (χ0n) is 10.3. The number of hydrogen-bond acceptors (Lipinski definition) is 6. The number of methoxy groups -OCH3 is 1. The Kier molecular flexibility index (Phi) is 4.35. The molecule has 0 radical (unpaired) electrons. The molecule has 0 spiro atoms. The molecule has 1 aliphatic heterocycles. The van der Waals surface area contributed by atoms with Crippen molar-refractivity contribution >= 4 is 33.3 Å². The van der Waals surface area contributed by atoms with Crippen molar-refractivity contribution in [2.24, 2.45) is 5.14 Å². The number of rotatable bonds is 4. The molecule has 8 heteroatoms. The van der Waals surface area contributed by atoms with Gasteiger partial charge in [-0.3, -0.25) is 0 Å². The Bertz CT molecular complexity index is 526. The van der Waals surface area contributed by atoms with Crippen LogP contribution in [0.1, 0.15) is 12.5 Å². The van der Waals surface area contributed by atoms with Crippen molar-refractivity contribution in [1.29, 1.82) is 0 Å². The number of ether oxygens (including phenoxy) is 1. The van der Waals surface area contributed by atoms with E-state index in [2.05, 4.69) is 11.2 Å². The van der Waals surface area contributed by atoms with Gasteiger partial charge in [-0.05, 0) is 36.9 Å². The molecule has 0 amide bonds.